The number of hydrogen-bond donors (Lipinski definition) is 0. The van der Waals surface area contributed by atoms with Crippen LogP contribution in [0.3, 0.4) is 0 Å². The highest BCUT2D eigenvalue weighted by atomic mass is 35.5. The molecular weight excluding hydrogens is 282 g/mol. The summed E-state index contributed by atoms with van der Waals surface area (Å²) >= 11 is 5.67. The number of carbonyl (C=O) groups excluding carboxylic acids is 1. The Balaban J connectivity index is 2.92. The second kappa shape index (κ2) is 6.20. The van der Waals surface area contributed by atoms with Crippen molar-refractivity contribution in [2.45, 2.75) is 57.3 Å². The quantitative estimate of drug-likeness (QED) is 0.452. The topological polar surface area (TPSA) is 52.3 Å². The predicted molar refractivity (Wildman–Crippen MR) is 77.8 cm³/mol. The molecule has 0 fully saturated rings. The van der Waals surface area contributed by atoms with Crippen molar-refractivity contribution in [3.05, 3.63) is 17.8 Å². The molecule has 1 atom stereocenters. The highest BCUT2D eigenvalue weighted by Crippen LogP contribution is 2.40. The number of nitrogens with zero attached hydrogens (tertiary/aromatic N) is 1. The van der Waals surface area contributed by atoms with E-state index in [9.17, 15) is 4.79 Å². The molecule has 0 bridgehead atoms. The van der Waals surface area contributed by atoms with E-state index >= 15 is 0 Å². The first-order chi connectivity index (χ1) is 8.71. The summed E-state index contributed by atoms with van der Waals surface area (Å²) in [7, 11) is -1.96. The Morgan fingerprint density at radius 1 is 1.53 bits per heavy atom. The van der Waals surface area contributed by atoms with Gasteiger partial charge in [-0.1, -0.05) is 20.8 Å². The molecular formula is C13H22ClNO3Si. The van der Waals surface area contributed by atoms with Gasteiger partial charge in [0.25, 0.3) is 0 Å². The average molecular weight is 304 g/mol. The number of halogens is 1. The van der Waals surface area contributed by atoms with Gasteiger partial charge in [-0.15, -0.1) is 11.6 Å². The summed E-state index contributed by atoms with van der Waals surface area (Å²) in [6, 6.07) is 0. The summed E-state index contributed by atoms with van der Waals surface area (Å²) in [6.45, 7) is 10.8. The van der Waals surface area contributed by atoms with E-state index in [1.165, 1.54) is 6.26 Å². The van der Waals surface area contributed by atoms with Crippen molar-refractivity contribution in [2.75, 3.05) is 0 Å². The number of carbonyl (C=O) groups is 1. The van der Waals surface area contributed by atoms with Crippen LogP contribution in [0.25, 0.3) is 0 Å². The molecule has 1 rings (SSSR count). The molecule has 0 aliphatic rings. The molecule has 6 heteroatoms. The Kier molecular flexibility index (Phi) is 5.35. The molecule has 0 amide bonds. The van der Waals surface area contributed by atoms with Gasteiger partial charge in [0.1, 0.15) is 18.2 Å². The highest BCUT2D eigenvalue weighted by Gasteiger charge is 2.39. The van der Waals surface area contributed by atoms with E-state index in [2.05, 4.69) is 38.8 Å². The average Bonchev–Trinajstić information content (AvgIpc) is 2.75. The molecule has 0 aliphatic heterocycles. The summed E-state index contributed by atoms with van der Waals surface area (Å²) in [5.74, 6) is 0.667. The maximum Gasteiger partial charge on any atom is 0.209 e. The van der Waals surface area contributed by atoms with Gasteiger partial charge >= 0.3 is 0 Å². The Bertz CT molecular complexity index is 426. The van der Waals surface area contributed by atoms with Gasteiger partial charge in [0, 0.05) is 6.42 Å². The zero-order valence-electron chi connectivity index (χ0n) is 12.2. The van der Waals surface area contributed by atoms with Crippen molar-refractivity contribution < 1.29 is 13.6 Å². The number of alkyl halides is 1. The molecule has 108 valence electrons. The first-order valence-electron chi connectivity index (χ1n) is 6.33. The normalized spacial score (nSPS) is 14.4. The maximum absolute atomic E-state index is 10.9. The van der Waals surface area contributed by atoms with Gasteiger partial charge < -0.3 is 13.6 Å². The van der Waals surface area contributed by atoms with E-state index in [0.29, 0.717) is 11.6 Å². The summed E-state index contributed by atoms with van der Waals surface area (Å²) < 4.78 is 11.4. The first-order valence-corrected chi connectivity index (χ1v) is 9.77. The van der Waals surface area contributed by atoms with Crippen LogP contribution in [0.5, 0.6) is 0 Å². The molecule has 0 N–H and O–H groups in total. The Hall–Kier alpha value is -0.653. The molecule has 0 radical (unpaired) electrons. The van der Waals surface area contributed by atoms with Crippen LogP contribution in [-0.2, 0) is 15.1 Å². The number of hydrogen-bond acceptors (Lipinski definition) is 4. The third-order valence-electron chi connectivity index (χ3n) is 3.57. The number of rotatable bonds is 6. The molecule has 0 unspecified atom stereocenters. The zero-order chi connectivity index (χ0) is 14.7. The van der Waals surface area contributed by atoms with Gasteiger partial charge in [0.15, 0.2) is 8.32 Å². The second-order valence-corrected chi connectivity index (χ2v) is 11.1. The zero-order valence-corrected chi connectivity index (χ0v) is 14.0. The third-order valence-corrected chi connectivity index (χ3v) is 8.28. The number of aldehydes is 1. The fraction of sp³-hybridized carbons (Fsp3) is 0.692. The lowest BCUT2D eigenvalue weighted by atomic mass is 10.2. The second-order valence-electron chi connectivity index (χ2n) is 6.07. The van der Waals surface area contributed by atoms with E-state index in [1.54, 1.807) is 0 Å². The summed E-state index contributed by atoms with van der Waals surface area (Å²) in [4.78, 5) is 15.1. The van der Waals surface area contributed by atoms with E-state index in [1.807, 2.05) is 0 Å². The highest BCUT2D eigenvalue weighted by molar-refractivity contribution is 6.74. The van der Waals surface area contributed by atoms with E-state index < -0.39 is 8.32 Å². The van der Waals surface area contributed by atoms with Crippen LogP contribution < -0.4 is 0 Å². The Morgan fingerprint density at radius 2 is 2.16 bits per heavy atom. The Labute approximate surface area is 120 Å². The monoisotopic (exact) mass is 303 g/mol. The largest absolute Gasteiger partial charge is 0.447 e. The molecule has 1 aromatic rings. The summed E-state index contributed by atoms with van der Waals surface area (Å²) in [5, 5.41) is 0.0766. The minimum atomic E-state index is -1.96. The van der Waals surface area contributed by atoms with E-state index in [-0.39, 0.29) is 23.4 Å². The van der Waals surface area contributed by atoms with Gasteiger partial charge in [0.2, 0.25) is 5.89 Å². The lowest BCUT2D eigenvalue weighted by Gasteiger charge is -2.38. The minimum Gasteiger partial charge on any atom is -0.447 e. The standard InChI is InChI=1S/C13H22ClNO3Si/c1-13(2,3)19(4,5)18-11(6-7-16)10-9-17-12(8-14)15-10/h7,9,11H,6,8H2,1-5H3/t11-/m1/s1. The summed E-state index contributed by atoms with van der Waals surface area (Å²) in [5.41, 5.74) is 0.646. The number of oxazole rings is 1. The molecule has 0 saturated carbocycles. The van der Waals surface area contributed by atoms with Gasteiger partial charge in [-0.25, -0.2) is 4.98 Å². The Morgan fingerprint density at radius 3 is 2.58 bits per heavy atom. The van der Waals surface area contributed by atoms with Crippen molar-refractivity contribution in [1.82, 2.24) is 4.98 Å². The van der Waals surface area contributed by atoms with E-state index in [0.717, 1.165) is 6.29 Å². The van der Waals surface area contributed by atoms with Crippen molar-refractivity contribution in [2.24, 2.45) is 0 Å². The molecule has 0 aliphatic carbocycles. The molecule has 19 heavy (non-hydrogen) atoms. The van der Waals surface area contributed by atoms with Crippen LogP contribution in [-0.4, -0.2) is 19.6 Å². The van der Waals surface area contributed by atoms with Crippen LogP contribution >= 0.6 is 11.6 Å². The SMILES string of the molecule is CC(C)(C)[Si](C)(C)O[C@H](CC=O)c1coc(CCl)n1. The van der Waals surface area contributed by atoms with Crippen molar-refractivity contribution >= 4 is 26.2 Å². The lowest BCUT2D eigenvalue weighted by Crippen LogP contribution is -2.42. The molecule has 0 spiro atoms. The van der Waals surface area contributed by atoms with Gasteiger partial charge in [0.05, 0.1) is 12.0 Å². The van der Waals surface area contributed by atoms with Gasteiger partial charge in [-0.05, 0) is 18.1 Å². The molecule has 0 saturated heterocycles. The fourth-order valence-corrected chi connectivity index (χ4v) is 2.79. The smallest absolute Gasteiger partial charge is 0.209 e. The van der Waals surface area contributed by atoms with Crippen molar-refractivity contribution in [3.8, 4) is 0 Å². The van der Waals surface area contributed by atoms with Crippen LogP contribution in [0, 0.1) is 0 Å². The lowest BCUT2D eigenvalue weighted by molar-refractivity contribution is -0.109. The fourth-order valence-electron chi connectivity index (χ4n) is 1.38. The van der Waals surface area contributed by atoms with Gasteiger partial charge in [-0.3, -0.25) is 0 Å². The predicted octanol–water partition coefficient (Wildman–Crippen LogP) is 4.07. The molecule has 0 aromatic carbocycles. The van der Waals surface area contributed by atoms with Crippen LogP contribution in [0.15, 0.2) is 10.7 Å². The molecule has 4 nitrogen and oxygen atoms in total. The van der Waals surface area contributed by atoms with Crippen molar-refractivity contribution in [3.63, 3.8) is 0 Å². The first kappa shape index (κ1) is 16.4. The van der Waals surface area contributed by atoms with Crippen molar-refractivity contribution in [1.29, 1.82) is 0 Å². The molecule has 1 aromatic heterocycles. The van der Waals surface area contributed by atoms with Crippen LogP contribution in [0.2, 0.25) is 18.1 Å². The number of aromatic nitrogens is 1. The molecule has 1 heterocycles. The minimum absolute atomic E-state index is 0.0766. The maximum atomic E-state index is 10.9. The van der Waals surface area contributed by atoms with E-state index in [4.69, 9.17) is 20.4 Å². The van der Waals surface area contributed by atoms with Crippen LogP contribution in [0.1, 0.15) is 44.9 Å². The van der Waals surface area contributed by atoms with Gasteiger partial charge in [-0.2, -0.15) is 0 Å². The third kappa shape index (κ3) is 4.16. The summed E-state index contributed by atoms with van der Waals surface area (Å²) in [6.07, 6.45) is 2.31. The van der Waals surface area contributed by atoms with Crippen LogP contribution in [0.4, 0.5) is 0 Å².